The summed E-state index contributed by atoms with van der Waals surface area (Å²) in [6.07, 6.45) is 3.90. The van der Waals surface area contributed by atoms with Crippen molar-refractivity contribution in [2.24, 2.45) is 23.7 Å². The zero-order valence-corrected chi connectivity index (χ0v) is 12.4. The van der Waals surface area contributed by atoms with Gasteiger partial charge in [0.05, 0.1) is 0 Å². The first-order valence-corrected chi connectivity index (χ1v) is 7.36. The second kappa shape index (κ2) is 5.07. The molecule has 0 spiro atoms. The molecule has 0 heterocycles. The van der Waals surface area contributed by atoms with Crippen LogP contribution >= 0.6 is 0 Å². The predicted molar refractivity (Wildman–Crippen MR) is 75.1 cm³/mol. The maximum absolute atomic E-state index is 12.4. The zero-order chi connectivity index (χ0) is 13.4. The molecule has 18 heavy (non-hydrogen) atoms. The molecule has 1 N–H and O–H groups in total. The van der Waals surface area contributed by atoms with Crippen LogP contribution in [0.15, 0.2) is 11.1 Å². The van der Waals surface area contributed by atoms with E-state index in [1.165, 1.54) is 30.4 Å². The fourth-order valence-electron chi connectivity index (χ4n) is 3.88. The number of carbonyl (C=O) groups excluding carboxylic acids is 1. The molecule has 5 atom stereocenters. The number of hydrogen-bond acceptors (Lipinski definition) is 1. The van der Waals surface area contributed by atoms with Gasteiger partial charge < -0.3 is 5.32 Å². The molecule has 1 amide bonds. The molecule has 2 heteroatoms. The Kier molecular flexibility index (Phi) is 3.84. The fraction of sp³-hybridized carbons (Fsp3) is 0.812. The van der Waals surface area contributed by atoms with E-state index in [-0.39, 0.29) is 12.0 Å². The molecule has 2 aliphatic rings. The Balaban J connectivity index is 1.99. The minimum absolute atomic E-state index is 0.175. The Bertz CT molecular complexity index is 365. The van der Waals surface area contributed by atoms with Crippen LogP contribution in [-0.2, 0) is 4.79 Å². The van der Waals surface area contributed by atoms with Crippen molar-refractivity contribution >= 4 is 5.91 Å². The largest absolute Gasteiger partial charge is 0.350 e. The quantitative estimate of drug-likeness (QED) is 0.762. The summed E-state index contributed by atoms with van der Waals surface area (Å²) in [4.78, 5) is 12.4. The molecule has 2 bridgehead atoms. The fourth-order valence-corrected chi connectivity index (χ4v) is 3.88. The Hall–Kier alpha value is -0.790. The van der Waals surface area contributed by atoms with E-state index in [1.807, 2.05) is 0 Å². The van der Waals surface area contributed by atoms with Gasteiger partial charge >= 0.3 is 0 Å². The molecule has 0 radical (unpaired) electrons. The second-order valence-corrected chi connectivity index (χ2v) is 6.63. The highest BCUT2D eigenvalue weighted by atomic mass is 16.2. The van der Waals surface area contributed by atoms with Gasteiger partial charge in [-0.15, -0.1) is 0 Å². The topological polar surface area (TPSA) is 29.1 Å². The van der Waals surface area contributed by atoms with Gasteiger partial charge in [-0.3, -0.25) is 4.79 Å². The molecule has 0 aromatic heterocycles. The Morgan fingerprint density at radius 3 is 2.28 bits per heavy atom. The third-order valence-corrected chi connectivity index (χ3v) is 5.43. The summed E-state index contributed by atoms with van der Waals surface area (Å²) < 4.78 is 0. The van der Waals surface area contributed by atoms with Crippen molar-refractivity contribution < 1.29 is 4.79 Å². The molecule has 0 aromatic carbocycles. The Morgan fingerprint density at radius 1 is 1.17 bits per heavy atom. The highest BCUT2D eigenvalue weighted by Gasteiger charge is 2.48. The van der Waals surface area contributed by atoms with E-state index >= 15 is 0 Å². The minimum Gasteiger partial charge on any atom is -0.350 e. The van der Waals surface area contributed by atoms with Gasteiger partial charge in [-0.25, -0.2) is 0 Å². The molecule has 2 saturated carbocycles. The highest BCUT2D eigenvalue weighted by molar-refractivity contribution is 5.80. The van der Waals surface area contributed by atoms with Crippen molar-refractivity contribution in [2.45, 2.75) is 59.9 Å². The van der Waals surface area contributed by atoms with E-state index in [2.05, 4.69) is 39.9 Å². The SMILES string of the molecule is CC(C)=C(C)C(C)NC(=O)C1C2CCC(C2)C1C. The van der Waals surface area contributed by atoms with E-state index < -0.39 is 0 Å². The van der Waals surface area contributed by atoms with Crippen molar-refractivity contribution in [1.82, 2.24) is 5.32 Å². The maximum Gasteiger partial charge on any atom is 0.224 e. The second-order valence-electron chi connectivity index (χ2n) is 6.63. The molecular formula is C16H27NO. The number of nitrogens with one attached hydrogen (secondary N) is 1. The molecule has 2 rings (SSSR count). The third-order valence-electron chi connectivity index (χ3n) is 5.43. The lowest BCUT2D eigenvalue weighted by Crippen LogP contribution is -2.42. The lowest BCUT2D eigenvalue weighted by Gasteiger charge is -2.29. The predicted octanol–water partition coefficient (Wildman–Crippen LogP) is 3.53. The van der Waals surface area contributed by atoms with Crippen LogP contribution in [0.3, 0.4) is 0 Å². The number of rotatable bonds is 3. The van der Waals surface area contributed by atoms with E-state index in [4.69, 9.17) is 0 Å². The molecule has 2 fully saturated rings. The van der Waals surface area contributed by atoms with E-state index in [1.54, 1.807) is 0 Å². The maximum atomic E-state index is 12.4. The zero-order valence-electron chi connectivity index (χ0n) is 12.4. The number of allylic oxidation sites excluding steroid dienone is 1. The monoisotopic (exact) mass is 249 g/mol. The summed E-state index contributed by atoms with van der Waals surface area (Å²) in [5.41, 5.74) is 2.60. The van der Waals surface area contributed by atoms with Crippen molar-refractivity contribution in [3.63, 3.8) is 0 Å². The van der Waals surface area contributed by atoms with Gasteiger partial charge in [0.2, 0.25) is 5.91 Å². The summed E-state index contributed by atoms with van der Waals surface area (Å²) in [6, 6.07) is 0.175. The average molecular weight is 249 g/mol. The highest BCUT2D eigenvalue weighted by Crippen LogP contribution is 2.52. The van der Waals surface area contributed by atoms with Gasteiger partial charge in [-0.05, 0) is 64.7 Å². The van der Waals surface area contributed by atoms with Crippen molar-refractivity contribution in [3.8, 4) is 0 Å². The average Bonchev–Trinajstić information content (AvgIpc) is 2.87. The van der Waals surface area contributed by atoms with Crippen LogP contribution in [0.5, 0.6) is 0 Å². The molecule has 2 nitrogen and oxygen atoms in total. The Morgan fingerprint density at radius 2 is 1.78 bits per heavy atom. The van der Waals surface area contributed by atoms with Gasteiger partial charge in [0, 0.05) is 12.0 Å². The first-order chi connectivity index (χ1) is 8.41. The molecular weight excluding hydrogens is 222 g/mol. The van der Waals surface area contributed by atoms with Crippen molar-refractivity contribution in [2.75, 3.05) is 0 Å². The molecule has 0 aliphatic heterocycles. The van der Waals surface area contributed by atoms with Crippen LogP contribution in [0.2, 0.25) is 0 Å². The smallest absolute Gasteiger partial charge is 0.224 e. The van der Waals surface area contributed by atoms with Gasteiger partial charge in [0.25, 0.3) is 0 Å². The first-order valence-electron chi connectivity index (χ1n) is 7.36. The number of hydrogen-bond donors (Lipinski definition) is 1. The number of amides is 1. The van der Waals surface area contributed by atoms with Gasteiger partial charge in [0.1, 0.15) is 0 Å². The minimum atomic E-state index is 0.175. The van der Waals surface area contributed by atoms with Crippen LogP contribution < -0.4 is 5.32 Å². The third kappa shape index (κ3) is 2.34. The van der Waals surface area contributed by atoms with Crippen LogP contribution in [0.25, 0.3) is 0 Å². The van der Waals surface area contributed by atoms with Gasteiger partial charge in [-0.1, -0.05) is 18.1 Å². The number of fused-ring (bicyclic) bond motifs is 2. The lowest BCUT2D eigenvalue weighted by molar-refractivity contribution is -0.128. The normalized spacial score (nSPS) is 35.4. The summed E-state index contributed by atoms with van der Waals surface area (Å²) in [5, 5.41) is 3.22. The van der Waals surface area contributed by atoms with E-state index in [9.17, 15) is 4.79 Å². The van der Waals surface area contributed by atoms with E-state index in [0.717, 1.165) is 5.92 Å². The molecule has 102 valence electrons. The van der Waals surface area contributed by atoms with Gasteiger partial charge in [0.15, 0.2) is 0 Å². The molecule has 5 unspecified atom stereocenters. The summed E-state index contributed by atoms with van der Waals surface area (Å²) in [7, 11) is 0. The van der Waals surface area contributed by atoms with E-state index in [0.29, 0.717) is 17.7 Å². The molecule has 0 saturated heterocycles. The summed E-state index contributed by atoms with van der Waals surface area (Å²) in [6.45, 7) is 10.7. The first kappa shape index (κ1) is 13.6. The van der Waals surface area contributed by atoms with Crippen molar-refractivity contribution in [1.29, 1.82) is 0 Å². The summed E-state index contributed by atoms with van der Waals surface area (Å²) in [5.74, 6) is 2.62. The lowest BCUT2D eigenvalue weighted by atomic mass is 9.80. The molecule has 2 aliphatic carbocycles. The van der Waals surface area contributed by atoms with Crippen LogP contribution in [0, 0.1) is 23.7 Å². The van der Waals surface area contributed by atoms with Gasteiger partial charge in [-0.2, -0.15) is 0 Å². The van der Waals surface area contributed by atoms with Crippen LogP contribution in [0.4, 0.5) is 0 Å². The summed E-state index contributed by atoms with van der Waals surface area (Å²) >= 11 is 0. The Labute approximate surface area is 111 Å². The number of carbonyl (C=O) groups is 1. The van der Waals surface area contributed by atoms with Crippen LogP contribution in [0.1, 0.15) is 53.9 Å². The standard InChI is InChI=1S/C16H27NO/c1-9(2)10(3)12(5)17-16(18)15-11(4)13-6-7-14(15)8-13/h11-15H,6-8H2,1-5H3,(H,17,18). The van der Waals surface area contributed by atoms with Crippen LogP contribution in [-0.4, -0.2) is 11.9 Å². The van der Waals surface area contributed by atoms with Crippen molar-refractivity contribution in [3.05, 3.63) is 11.1 Å². The molecule has 0 aromatic rings.